The smallest absolute Gasteiger partial charge is 0.332 e. The molecule has 0 aliphatic rings. The van der Waals surface area contributed by atoms with Crippen molar-refractivity contribution in [3.63, 3.8) is 0 Å². The molecule has 0 atom stereocenters. The summed E-state index contributed by atoms with van der Waals surface area (Å²) in [5.74, 6) is -0.960. The summed E-state index contributed by atoms with van der Waals surface area (Å²) < 4.78 is 14.5. The molecule has 2 heterocycles. The van der Waals surface area contributed by atoms with E-state index in [1.54, 1.807) is 6.07 Å². The molecule has 0 fully saturated rings. The average molecular weight is 363 g/mol. The number of rotatable bonds is 3. The summed E-state index contributed by atoms with van der Waals surface area (Å²) in [6.07, 6.45) is 0. The highest BCUT2D eigenvalue weighted by atomic mass is 19.1. The maximum Gasteiger partial charge on any atom is 0.332 e. The number of nitrogens with zero attached hydrogens (tertiary/aromatic N) is 3. The van der Waals surface area contributed by atoms with Crippen molar-refractivity contribution in [1.82, 2.24) is 19.5 Å². The lowest BCUT2D eigenvalue weighted by atomic mass is 10.1. The van der Waals surface area contributed by atoms with Gasteiger partial charge in [0.05, 0.1) is 5.69 Å². The van der Waals surface area contributed by atoms with E-state index in [2.05, 4.69) is 15.0 Å². The fourth-order valence-corrected chi connectivity index (χ4v) is 2.91. The molecule has 0 aliphatic carbocycles. The second-order valence-corrected chi connectivity index (χ2v) is 6.07. The topological polar surface area (TPSA) is 107 Å². The fraction of sp³-hybridized carbons (Fsp3) is 0.0526. The summed E-state index contributed by atoms with van der Waals surface area (Å²) in [4.78, 5) is 35.7. The largest absolute Gasteiger partial charge is 0.364 e. The van der Waals surface area contributed by atoms with Gasteiger partial charge in [-0.15, -0.1) is 0 Å². The van der Waals surface area contributed by atoms with Crippen molar-refractivity contribution in [3.8, 4) is 17.1 Å². The van der Waals surface area contributed by atoms with Crippen LogP contribution < -0.4 is 11.4 Å². The van der Waals surface area contributed by atoms with Gasteiger partial charge in [-0.2, -0.15) is 0 Å². The monoisotopic (exact) mass is 363 g/mol. The lowest BCUT2D eigenvalue weighted by molar-refractivity contribution is 0.0997. The van der Waals surface area contributed by atoms with E-state index in [0.717, 1.165) is 5.56 Å². The number of halogens is 1. The first-order valence-corrected chi connectivity index (χ1v) is 8.09. The number of nitrogens with one attached hydrogen (secondary N) is 1. The molecule has 27 heavy (non-hydrogen) atoms. The number of benzene rings is 2. The van der Waals surface area contributed by atoms with Crippen LogP contribution in [0.5, 0.6) is 0 Å². The van der Waals surface area contributed by atoms with Gasteiger partial charge in [0.1, 0.15) is 11.3 Å². The average Bonchev–Trinajstić information content (AvgIpc) is 2.97. The molecular formula is C19H14FN5O2. The number of fused-ring (bicyclic) bond motifs is 1. The maximum absolute atomic E-state index is 13.3. The van der Waals surface area contributed by atoms with Crippen LogP contribution in [0.15, 0.2) is 53.3 Å². The van der Waals surface area contributed by atoms with Gasteiger partial charge in [0.2, 0.25) is 0 Å². The summed E-state index contributed by atoms with van der Waals surface area (Å²) in [5, 5.41) is 0. The van der Waals surface area contributed by atoms with Crippen LogP contribution >= 0.6 is 0 Å². The van der Waals surface area contributed by atoms with E-state index in [-0.39, 0.29) is 22.7 Å². The molecule has 0 radical (unpaired) electrons. The number of nitrogens with two attached hydrogens (primary N) is 1. The van der Waals surface area contributed by atoms with Gasteiger partial charge in [-0.05, 0) is 37.3 Å². The van der Waals surface area contributed by atoms with Gasteiger partial charge in [0, 0.05) is 5.56 Å². The summed E-state index contributed by atoms with van der Waals surface area (Å²) in [6, 6.07) is 12.8. The summed E-state index contributed by atoms with van der Waals surface area (Å²) in [7, 11) is 0. The molecule has 0 spiro atoms. The first-order chi connectivity index (χ1) is 12.9. The SMILES string of the molecule is Cc1cccc(-c2nc(C(N)=O)c3[nH]c(=O)n(-c4ccc(F)cc4)c3n2)c1. The molecule has 1 amide bonds. The molecule has 4 aromatic rings. The molecule has 7 nitrogen and oxygen atoms in total. The first kappa shape index (κ1) is 16.6. The minimum absolute atomic E-state index is 0.0885. The van der Waals surface area contributed by atoms with E-state index in [0.29, 0.717) is 11.3 Å². The summed E-state index contributed by atoms with van der Waals surface area (Å²) in [5.41, 5.74) is 7.23. The van der Waals surface area contributed by atoms with Crippen LogP contribution in [0.4, 0.5) is 4.39 Å². The van der Waals surface area contributed by atoms with Crippen molar-refractivity contribution < 1.29 is 9.18 Å². The number of H-pyrrole nitrogens is 1. The van der Waals surface area contributed by atoms with Crippen LogP contribution in [0.2, 0.25) is 0 Å². The van der Waals surface area contributed by atoms with Gasteiger partial charge >= 0.3 is 5.69 Å². The molecule has 0 unspecified atom stereocenters. The van der Waals surface area contributed by atoms with Crippen molar-refractivity contribution >= 4 is 17.1 Å². The zero-order valence-corrected chi connectivity index (χ0v) is 14.2. The van der Waals surface area contributed by atoms with Gasteiger partial charge in [0.25, 0.3) is 5.91 Å². The lowest BCUT2D eigenvalue weighted by Gasteiger charge is -2.07. The zero-order valence-electron chi connectivity index (χ0n) is 14.2. The highest BCUT2D eigenvalue weighted by molar-refractivity contribution is 6.02. The Morgan fingerprint density at radius 1 is 1.15 bits per heavy atom. The molecule has 8 heteroatoms. The van der Waals surface area contributed by atoms with Gasteiger partial charge < -0.3 is 10.7 Å². The molecule has 0 saturated heterocycles. The standard InChI is InChI=1S/C19H14FN5O2/c1-10-3-2-4-11(9-10)17-22-14(16(21)26)15-18(24-17)25(19(27)23-15)13-7-5-12(20)6-8-13/h2-9H,1H3,(H2,21,26)(H,23,27). The first-order valence-electron chi connectivity index (χ1n) is 8.09. The Balaban J connectivity index is 2.06. The van der Waals surface area contributed by atoms with Crippen LogP contribution in [-0.4, -0.2) is 25.4 Å². The molecule has 2 aromatic heterocycles. The Labute approximate surface area is 152 Å². The number of aromatic amines is 1. The Morgan fingerprint density at radius 3 is 2.56 bits per heavy atom. The lowest BCUT2D eigenvalue weighted by Crippen LogP contribution is -2.15. The quantitative estimate of drug-likeness (QED) is 0.582. The fourth-order valence-electron chi connectivity index (χ4n) is 2.91. The van der Waals surface area contributed by atoms with E-state index in [1.807, 2.05) is 25.1 Å². The molecule has 0 aliphatic heterocycles. The third-order valence-electron chi connectivity index (χ3n) is 4.13. The van der Waals surface area contributed by atoms with E-state index in [1.165, 1.54) is 28.8 Å². The number of imidazole rings is 1. The van der Waals surface area contributed by atoms with E-state index < -0.39 is 17.4 Å². The number of aryl methyl sites for hydroxylation is 1. The van der Waals surface area contributed by atoms with Crippen LogP contribution in [0.25, 0.3) is 28.2 Å². The summed E-state index contributed by atoms with van der Waals surface area (Å²) >= 11 is 0. The predicted molar refractivity (Wildman–Crippen MR) is 98.1 cm³/mol. The molecule has 4 rings (SSSR count). The highest BCUT2D eigenvalue weighted by Gasteiger charge is 2.20. The Morgan fingerprint density at radius 2 is 1.89 bits per heavy atom. The minimum Gasteiger partial charge on any atom is -0.364 e. The van der Waals surface area contributed by atoms with Gasteiger partial charge in [0.15, 0.2) is 17.2 Å². The van der Waals surface area contributed by atoms with E-state index in [9.17, 15) is 14.0 Å². The number of primary amides is 1. The van der Waals surface area contributed by atoms with E-state index in [4.69, 9.17) is 5.73 Å². The number of aromatic nitrogens is 4. The Bertz CT molecular complexity index is 1240. The van der Waals surface area contributed by atoms with Crippen molar-refractivity contribution in [3.05, 3.63) is 76.1 Å². The minimum atomic E-state index is -0.788. The second-order valence-electron chi connectivity index (χ2n) is 6.07. The van der Waals surface area contributed by atoms with Crippen LogP contribution in [0.3, 0.4) is 0 Å². The molecule has 134 valence electrons. The van der Waals surface area contributed by atoms with Crippen LogP contribution in [-0.2, 0) is 0 Å². The number of hydrogen-bond donors (Lipinski definition) is 2. The van der Waals surface area contributed by atoms with Crippen LogP contribution in [0.1, 0.15) is 16.1 Å². The predicted octanol–water partition coefficient (Wildman–Crippen LogP) is 2.32. The normalized spacial score (nSPS) is 11.0. The number of carbonyl (C=O) groups is 1. The zero-order chi connectivity index (χ0) is 19.1. The Hall–Kier alpha value is -3.81. The highest BCUT2D eigenvalue weighted by Crippen LogP contribution is 2.22. The van der Waals surface area contributed by atoms with Gasteiger partial charge in [-0.3, -0.25) is 4.79 Å². The number of hydrogen-bond acceptors (Lipinski definition) is 4. The third kappa shape index (κ3) is 2.86. The molecular weight excluding hydrogens is 349 g/mol. The molecule has 0 bridgehead atoms. The number of amides is 1. The van der Waals surface area contributed by atoms with Crippen molar-refractivity contribution in [2.45, 2.75) is 6.92 Å². The van der Waals surface area contributed by atoms with Crippen molar-refractivity contribution in [2.24, 2.45) is 5.73 Å². The number of carbonyl (C=O) groups excluding carboxylic acids is 1. The second kappa shape index (κ2) is 6.17. The van der Waals surface area contributed by atoms with Gasteiger partial charge in [-0.1, -0.05) is 23.8 Å². The maximum atomic E-state index is 13.3. The van der Waals surface area contributed by atoms with Crippen LogP contribution in [0, 0.1) is 12.7 Å². The van der Waals surface area contributed by atoms with Crippen molar-refractivity contribution in [2.75, 3.05) is 0 Å². The van der Waals surface area contributed by atoms with Crippen molar-refractivity contribution in [1.29, 1.82) is 0 Å². The summed E-state index contributed by atoms with van der Waals surface area (Å²) in [6.45, 7) is 1.92. The molecule has 2 aromatic carbocycles. The molecule has 0 saturated carbocycles. The molecule has 3 N–H and O–H groups in total. The third-order valence-corrected chi connectivity index (χ3v) is 4.13. The van der Waals surface area contributed by atoms with E-state index >= 15 is 0 Å². The Kier molecular flexibility index (Phi) is 3.80. The van der Waals surface area contributed by atoms with Gasteiger partial charge in [-0.25, -0.2) is 23.7 Å².